The Labute approximate surface area is 126 Å². The van der Waals surface area contributed by atoms with Gasteiger partial charge in [-0.25, -0.2) is 4.39 Å². The summed E-state index contributed by atoms with van der Waals surface area (Å²) in [6.45, 7) is 5.87. The molecule has 0 radical (unpaired) electrons. The van der Waals surface area contributed by atoms with Crippen LogP contribution in [0.2, 0.25) is 0 Å². The van der Waals surface area contributed by atoms with Crippen LogP contribution in [0.3, 0.4) is 0 Å². The predicted octanol–water partition coefficient (Wildman–Crippen LogP) is 3.07. The molecular formula is C15H18F4N2O. The molecule has 0 aliphatic carbocycles. The predicted molar refractivity (Wildman–Crippen MR) is 75.1 cm³/mol. The summed E-state index contributed by atoms with van der Waals surface area (Å²) in [5, 5.41) is 13.0. The average molecular weight is 318 g/mol. The summed E-state index contributed by atoms with van der Waals surface area (Å²) in [6.07, 6.45) is -2.98. The van der Waals surface area contributed by atoms with Crippen molar-refractivity contribution in [3.8, 4) is 5.75 Å². The Kier molecular flexibility index (Phi) is 5.08. The number of rotatable bonds is 4. The van der Waals surface area contributed by atoms with E-state index in [0.717, 1.165) is 0 Å². The molecule has 122 valence electrons. The van der Waals surface area contributed by atoms with Crippen molar-refractivity contribution >= 4 is 0 Å². The average Bonchev–Trinajstić information content (AvgIpc) is 2.47. The fourth-order valence-electron chi connectivity index (χ4n) is 2.77. The molecule has 1 aliphatic heterocycles. The topological polar surface area (TPSA) is 35.5 Å². The van der Waals surface area contributed by atoms with E-state index in [0.29, 0.717) is 38.3 Å². The molecule has 1 aromatic rings. The summed E-state index contributed by atoms with van der Waals surface area (Å²) in [5.74, 6) is -1.98. The standard InChI is InChI=1S/C15H18F4N2O/c1-2-3-12(21-8-6-20-7-9-21)13-10(15(17,18)19)4-5-11(16)14(13)22/h2,4-5,12,20,22H,1,3,6-9H2/t12-/m0/s1. The van der Waals surface area contributed by atoms with Gasteiger partial charge in [-0.2, -0.15) is 13.2 Å². The van der Waals surface area contributed by atoms with Gasteiger partial charge >= 0.3 is 6.18 Å². The molecule has 3 nitrogen and oxygen atoms in total. The van der Waals surface area contributed by atoms with Crippen molar-refractivity contribution in [3.05, 3.63) is 41.7 Å². The van der Waals surface area contributed by atoms with Gasteiger partial charge in [0, 0.05) is 37.8 Å². The van der Waals surface area contributed by atoms with E-state index in [1.54, 1.807) is 0 Å². The molecule has 0 saturated carbocycles. The summed E-state index contributed by atoms with van der Waals surface area (Å²) in [4.78, 5) is 1.81. The highest BCUT2D eigenvalue weighted by Crippen LogP contribution is 2.43. The summed E-state index contributed by atoms with van der Waals surface area (Å²) in [7, 11) is 0. The zero-order valence-electron chi connectivity index (χ0n) is 12.0. The Balaban J connectivity index is 2.53. The van der Waals surface area contributed by atoms with E-state index in [9.17, 15) is 22.7 Å². The number of hydrogen-bond acceptors (Lipinski definition) is 3. The van der Waals surface area contributed by atoms with Crippen molar-refractivity contribution in [1.82, 2.24) is 10.2 Å². The summed E-state index contributed by atoms with van der Waals surface area (Å²) < 4.78 is 53.4. The number of nitrogens with zero attached hydrogens (tertiary/aromatic N) is 1. The van der Waals surface area contributed by atoms with Crippen LogP contribution in [0.25, 0.3) is 0 Å². The van der Waals surface area contributed by atoms with Crippen LogP contribution in [-0.2, 0) is 6.18 Å². The number of piperazine rings is 1. The number of aromatic hydroxyl groups is 1. The number of benzene rings is 1. The first-order valence-corrected chi connectivity index (χ1v) is 7.00. The second kappa shape index (κ2) is 6.66. The monoisotopic (exact) mass is 318 g/mol. The maximum Gasteiger partial charge on any atom is 0.416 e. The molecule has 0 unspecified atom stereocenters. The summed E-state index contributed by atoms with van der Waals surface area (Å²) in [6, 6.07) is 0.569. The van der Waals surface area contributed by atoms with Crippen molar-refractivity contribution < 1.29 is 22.7 Å². The zero-order valence-corrected chi connectivity index (χ0v) is 12.0. The first-order chi connectivity index (χ1) is 10.4. The number of alkyl halides is 3. The maximum absolute atomic E-state index is 13.6. The number of nitrogens with one attached hydrogen (secondary N) is 1. The Morgan fingerprint density at radius 1 is 1.32 bits per heavy atom. The van der Waals surface area contributed by atoms with E-state index in [4.69, 9.17) is 0 Å². The fraction of sp³-hybridized carbons (Fsp3) is 0.467. The molecule has 1 atom stereocenters. The maximum atomic E-state index is 13.6. The van der Waals surface area contributed by atoms with Gasteiger partial charge in [0.25, 0.3) is 0 Å². The van der Waals surface area contributed by atoms with Gasteiger partial charge in [0.2, 0.25) is 0 Å². The van der Waals surface area contributed by atoms with Gasteiger partial charge in [-0.05, 0) is 18.6 Å². The fourth-order valence-corrected chi connectivity index (χ4v) is 2.77. The van der Waals surface area contributed by atoms with E-state index in [1.165, 1.54) is 6.08 Å². The van der Waals surface area contributed by atoms with Crippen molar-refractivity contribution in [2.24, 2.45) is 0 Å². The van der Waals surface area contributed by atoms with E-state index in [2.05, 4.69) is 11.9 Å². The van der Waals surface area contributed by atoms with Crippen LogP contribution < -0.4 is 5.32 Å². The second-order valence-corrected chi connectivity index (χ2v) is 5.18. The van der Waals surface area contributed by atoms with E-state index >= 15 is 0 Å². The van der Waals surface area contributed by atoms with Crippen LogP contribution in [0.15, 0.2) is 24.8 Å². The molecule has 7 heteroatoms. The first-order valence-electron chi connectivity index (χ1n) is 7.00. The third-order valence-electron chi connectivity index (χ3n) is 3.79. The largest absolute Gasteiger partial charge is 0.505 e. The van der Waals surface area contributed by atoms with Crippen LogP contribution in [0.5, 0.6) is 5.75 Å². The molecule has 1 aliphatic rings. The van der Waals surface area contributed by atoms with E-state index in [-0.39, 0.29) is 6.42 Å². The van der Waals surface area contributed by atoms with Gasteiger partial charge in [-0.3, -0.25) is 4.90 Å². The lowest BCUT2D eigenvalue weighted by Gasteiger charge is -2.36. The second-order valence-electron chi connectivity index (χ2n) is 5.18. The molecule has 1 aromatic carbocycles. The zero-order chi connectivity index (χ0) is 16.3. The SMILES string of the molecule is C=CC[C@@H](c1c(C(F)(F)F)ccc(F)c1O)N1CCNCC1. The molecule has 1 heterocycles. The van der Waals surface area contributed by atoms with Crippen LogP contribution >= 0.6 is 0 Å². The molecule has 0 bridgehead atoms. The van der Waals surface area contributed by atoms with Crippen LogP contribution in [0, 0.1) is 5.82 Å². The van der Waals surface area contributed by atoms with Crippen molar-refractivity contribution in [2.45, 2.75) is 18.6 Å². The Hall–Kier alpha value is -1.60. The van der Waals surface area contributed by atoms with Gasteiger partial charge in [0.05, 0.1) is 5.56 Å². The molecule has 0 spiro atoms. The van der Waals surface area contributed by atoms with E-state index < -0.39 is 34.9 Å². The highest BCUT2D eigenvalue weighted by Gasteiger charge is 2.39. The highest BCUT2D eigenvalue weighted by atomic mass is 19.4. The molecule has 22 heavy (non-hydrogen) atoms. The number of hydrogen-bond donors (Lipinski definition) is 2. The van der Waals surface area contributed by atoms with Gasteiger partial charge < -0.3 is 10.4 Å². The molecule has 2 rings (SSSR count). The number of phenolic OH excluding ortho intramolecular Hbond substituents is 1. The van der Waals surface area contributed by atoms with Crippen LogP contribution in [0.4, 0.5) is 17.6 Å². The molecule has 1 fully saturated rings. The van der Waals surface area contributed by atoms with Gasteiger partial charge in [0.15, 0.2) is 11.6 Å². The van der Waals surface area contributed by atoms with E-state index in [1.807, 2.05) is 4.90 Å². The summed E-state index contributed by atoms with van der Waals surface area (Å²) in [5.41, 5.74) is -1.41. The van der Waals surface area contributed by atoms with Crippen LogP contribution in [0.1, 0.15) is 23.6 Å². The number of phenols is 1. The highest BCUT2D eigenvalue weighted by molar-refractivity contribution is 5.44. The third kappa shape index (κ3) is 3.41. The summed E-state index contributed by atoms with van der Waals surface area (Å²) >= 11 is 0. The van der Waals surface area contributed by atoms with Gasteiger partial charge in [-0.15, -0.1) is 6.58 Å². The lowest BCUT2D eigenvalue weighted by atomic mass is 9.94. The van der Waals surface area contributed by atoms with Gasteiger partial charge in [-0.1, -0.05) is 6.08 Å². The Morgan fingerprint density at radius 3 is 2.50 bits per heavy atom. The Morgan fingerprint density at radius 2 is 1.95 bits per heavy atom. The normalized spacial score (nSPS) is 18.2. The molecule has 0 aromatic heterocycles. The van der Waals surface area contributed by atoms with Crippen LogP contribution in [-0.4, -0.2) is 36.2 Å². The van der Waals surface area contributed by atoms with Crippen molar-refractivity contribution in [2.75, 3.05) is 26.2 Å². The Bertz CT molecular complexity index is 539. The molecule has 2 N–H and O–H groups in total. The smallest absolute Gasteiger partial charge is 0.416 e. The molecule has 1 saturated heterocycles. The van der Waals surface area contributed by atoms with Crippen molar-refractivity contribution in [3.63, 3.8) is 0 Å². The lowest BCUT2D eigenvalue weighted by molar-refractivity contribution is -0.139. The minimum absolute atomic E-state index is 0.195. The molecular weight excluding hydrogens is 300 g/mol. The molecule has 0 amide bonds. The minimum atomic E-state index is -4.66. The van der Waals surface area contributed by atoms with Gasteiger partial charge in [0.1, 0.15) is 0 Å². The lowest BCUT2D eigenvalue weighted by Crippen LogP contribution is -2.45. The third-order valence-corrected chi connectivity index (χ3v) is 3.79. The first kappa shape index (κ1) is 16.8. The minimum Gasteiger partial charge on any atom is -0.505 e. The number of halogens is 4. The quantitative estimate of drug-likeness (QED) is 0.661. The van der Waals surface area contributed by atoms with Crippen molar-refractivity contribution in [1.29, 1.82) is 0 Å².